The highest BCUT2D eigenvalue weighted by Gasteiger charge is 2.30. The molecule has 4 atom stereocenters. The van der Waals surface area contributed by atoms with E-state index >= 15 is 0 Å². The molecule has 45 heavy (non-hydrogen) atoms. The molecule has 8 nitrogen and oxygen atoms in total. The van der Waals surface area contributed by atoms with Crippen LogP contribution in [0.3, 0.4) is 0 Å². The highest BCUT2D eigenvalue weighted by Crippen LogP contribution is 2.28. The first kappa shape index (κ1) is 34.2. The summed E-state index contributed by atoms with van der Waals surface area (Å²) >= 11 is 0. The van der Waals surface area contributed by atoms with E-state index in [1.807, 2.05) is 62.4 Å². The number of benzene rings is 3. The summed E-state index contributed by atoms with van der Waals surface area (Å²) in [6, 6.07) is 24.7. The van der Waals surface area contributed by atoms with Crippen LogP contribution in [-0.2, 0) is 22.5 Å². The molecule has 1 aliphatic heterocycles. The molecule has 0 saturated heterocycles. The lowest BCUT2D eigenvalue weighted by molar-refractivity contribution is -0.115. The molecule has 4 rings (SSSR count). The van der Waals surface area contributed by atoms with Gasteiger partial charge in [-0.2, -0.15) is 0 Å². The molecular weight excluding hydrogens is 566 g/mol. The van der Waals surface area contributed by atoms with Crippen molar-refractivity contribution >= 4 is 17.5 Å². The van der Waals surface area contributed by atoms with E-state index in [0.29, 0.717) is 36.7 Å². The number of fused-ring (bicyclic) bond motifs is 1. The SMILES string of the molecule is C[C@@H]1CCCCO[C@H](CN(C)Cc2ccccc2)[C@H](C)CN([C@@H](C)CO)C(=O)c2cc(NC(=O)Cc3ccccc3)ccc2O1. The zero-order chi connectivity index (χ0) is 32.2. The lowest BCUT2D eigenvalue weighted by Crippen LogP contribution is -2.47. The number of ether oxygens (including phenoxy) is 2. The molecule has 0 radical (unpaired) electrons. The number of nitrogens with zero attached hydrogens (tertiary/aromatic N) is 2. The first-order valence-corrected chi connectivity index (χ1v) is 16.1. The van der Waals surface area contributed by atoms with Crippen LogP contribution in [0.4, 0.5) is 5.69 Å². The van der Waals surface area contributed by atoms with Crippen LogP contribution in [0, 0.1) is 5.92 Å². The summed E-state index contributed by atoms with van der Waals surface area (Å²) in [6.07, 6.45) is 2.66. The highest BCUT2D eigenvalue weighted by atomic mass is 16.5. The number of carbonyl (C=O) groups is 2. The van der Waals surface area contributed by atoms with Crippen molar-refractivity contribution in [3.8, 4) is 5.75 Å². The Labute approximate surface area is 268 Å². The maximum atomic E-state index is 14.3. The molecule has 2 N–H and O–H groups in total. The van der Waals surface area contributed by atoms with Gasteiger partial charge >= 0.3 is 0 Å². The third kappa shape index (κ3) is 10.4. The average Bonchev–Trinajstić information content (AvgIpc) is 3.03. The van der Waals surface area contributed by atoms with E-state index < -0.39 is 6.04 Å². The Kier molecular flexibility index (Phi) is 13.0. The lowest BCUT2D eigenvalue weighted by Gasteiger charge is -2.36. The molecule has 242 valence electrons. The van der Waals surface area contributed by atoms with E-state index in [-0.39, 0.29) is 43.0 Å². The van der Waals surface area contributed by atoms with Crippen LogP contribution in [0.25, 0.3) is 0 Å². The van der Waals surface area contributed by atoms with Crippen LogP contribution < -0.4 is 10.1 Å². The molecule has 2 amide bonds. The van der Waals surface area contributed by atoms with Gasteiger partial charge in [-0.1, -0.05) is 67.6 Å². The predicted molar refractivity (Wildman–Crippen MR) is 178 cm³/mol. The number of anilines is 1. The third-order valence-corrected chi connectivity index (χ3v) is 8.33. The number of amides is 2. The van der Waals surface area contributed by atoms with Crippen molar-refractivity contribution in [1.82, 2.24) is 9.80 Å². The second kappa shape index (κ2) is 17.1. The Morgan fingerprint density at radius 2 is 1.71 bits per heavy atom. The summed E-state index contributed by atoms with van der Waals surface area (Å²) in [4.78, 5) is 31.2. The van der Waals surface area contributed by atoms with Gasteiger partial charge in [-0.3, -0.25) is 14.5 Å². The Morgan fingerprint density at radius 1 is 1.02 bits per heavy atom. The third-order valence-electron chi connectivity index (χ3n) is 8.33. The molecule has 3 aromatic carbocycles. The normalized spacial score (nSPS) is 20.5. The van der Waals surface area contributed by atoms with E-state index in [2.05, 4.69) is 36.3 Å². The summed E-state index contributed by atoms with van der Waals surface area (Å²) < 4.78 is 12.8. The zero-order valence-corrected chi connectivity index (χ0v) is 27.2. The fraction of sp³-hybridized carbons (Fsp3) is 0.459. The van der Waals surface area contributed by atoms with Crippen molar-refractivity contribution < 1.29 is 24.2 Å². The maximum Gasteiger partial charge on any atom is 0.258 e. The molecule has 1 aliphatic rings. The van der Waals surface area contributed by atoms with Gasteiger partial charge in [-0.15, -0.1) is 0 Å². The molecule has 0 bridgehead atoms. The van der Waals surface area contributed by atoms with Crippen molar-refractivity contribution in [2.75, 3.05) is 38.7 Å². The average molecular weight is 616 g/mol. The van der Waals surface area contributed by atoms with Gasteiger partial charge in [-0.05, 0) is 69.5 Å². The molecule has 0 fully saturated rings. The van der Waals surface area contributed by atoms with Gasteiger partial charge in [0.2, 0.25) is 5.91 Å². The van der Waals surface area contributed by atoms with E-state index in [1.54, 1.807) is 23.1 Å². The Morgan fingerprint density at radius 3 is 2.40 bits per heavy atom. The molecule has 1 heterocycles. The number of nitrogens with one attached hydrogen (secondary N) is 1. The van der Waals surface area contributed by atoms with Gasteiger partial charge < -0.3 is 24.8 Å². The summed E-state index contributed by atoms with van der Waals surface area (Å²) in [5.41, 5.74) is 3.03. The number of carbonyl (C=O) groups excluding carboxylic acids is 2. The summed E-state index contributed by atoms with van der Waals surface area (Å²) in [6.45, 7) is 8.31. The van der Waals surface area contributed by atoms with Gasteiger partial charge in [0.25, 0.3) is 5.91 Å². The Balaban J connectivity index is 1.59. The molecular formula is C37H49N3O5. The molecule has 0 spiro atoms. The van der Waals surface area contributed by atoms with Crippen LogP contribution in [0.5, 0.6) is 5.75 Å². The fourth-order valence-electron chi connectivity index (χ4n) is 5.72. The van der Waals surface area contributed by atoms with Crippen LogP contribution in [0.1, 0.15) is 61.5 Å². The van der Waals surface area contributed by atoms with Gasteiger partial charge in [0.1, 0.15) is 5.75 Å². The van der Waals surface area contributed by atoms with E-state index in [1.165, 1.54) is 5.56 Å². The smallest absolute Gasteiger partial charge is 0.258 e. The van der Waals surface area contributed by atoms with Crippen LogP contribution >= 0.6 is 0 Å². The fourth-order valence-corrected chi connectivity index (χ4v) is 5.72. The Bertz CT molecular complexity index is 1350. The van der Waals surface area contributed by atoms with E-state index in [0.717, 1.165) is 31.4 Å². The van der Waals surface area contributed by atoms with Crippen molar-refractivity contribution in [1.29, 1.82) is 0 Å². The van der Waals surface area contributed by atoms with Crippen LogP contribution in [-0.4, -0.2) is 78.3 Å². The van der Waals surface area contributed by atoms with Gasteiger partial charge in [0.15, 0.2) is 0 Å². The summed E-state index contributed by atoms with van der Waals surface area (Å²) in [7, 11) is 2.09. The largest absolute Gasteiger partial charge is 0.490 e. The van der Waals surface area contributed by atoms with E-state index in [4.69, 9.17) is 9.47 Å². The minimum Gasteiger partial charge on any atom is -0.490 e. The molecule has 3 aromatic rings. The van der Waals surface area contributed by atoms with Crippen molar-refractivity contribution in [3.05, 3.63) is 95.6 Å². The first-order chi connectivity index (χ1) is 21.7. The van der Waals surface area contributed by atoms with Crippen molar-refractivity contribution in [2.24, 2.45) is 5.92 Å². The monoisotopic (exact) mass is 615 g/mol. The quantitative estimate of drug-likeness (QED) is 0.317. The maximum absolute atomic E-state index is 14.3. The van der Waals surface area contributed by atoms with Crippen LogP contribution in [0.2, 0.25) is 0 Å². The molecule has 0 aliphatic carbocycles. The van der Waals surface area contributed by atoms with E-state index in [9.17, 15) is 14.7 Å². The molecule has 8 heteroatoms. The first-order valence-electron chi connectivity index (χ1n) is 16.1. The van der Waals surface area contributed by atoms with Gasteiger partial charge in [0, 0.05) is 37.8 Å². The number of hydrogen-bond acceptors (Lipinski definition) is 6. The van der Waals surface area contributed by atoms with Crippen LogP contribution in [0.15, 0.2) is 78.9 Å². The molecule has 0 saturated carbocycles. The van der Waals surface area contributed by atoms with Gasteiger partial charge in [0.05, 0.1) is 36.8 Å². The predicted octanol–water partition coefficient (Wildman–Crippen LogP) is 5.80. The minimum absolute atomic E-state index is 0.0128. The number of aliphatic hydroxyl groups is 1. The number of likely N-dealkylation sites (N-methyl/N-ethyl adjacent to an activating group) is 1. The van der Waals surface area contributed by atoms with Gasteiger partial charge in [-0.25, -0.2) is 0 Å². The highest BCUT2D eigenvalue weighted by molar-refractivity contribution is 6.00. The molecule has 0 aromatic heterocycles. The second-order valence-corrected chi connectivity index (χ2v) is 12.4. The second-order valence-electron chi connectivity index (χ2n) is 12.4. The zero-order valence-electron chi connectivity index (χ0n) is 27.2. The lowest BCUT2D eigenvalue weighted by atomic mass is 10.0. The van der Waals surface area contributed by atoms with Crippen molar-refractivity contribution in [2.45, 2.75) is 71.2 Å². The molecule has 0 unspecified atom stereocenters. The standard InChI is InChI=1S/C37H49N3O5/c1-27-23-40(28(2)26-41)37(43)33-22-32(38-36(42)21-30-14-7-5-8-15-30)18-19-34(33)45-29(3)13-11-12-20-44-35(27)25-39(4)24-31-16-9-6-10-17-31/h5-10,14-19,22,27-29,35,41H,11-13,20-21,23-26H2,1-4H3,(H,38,42)/t27-,28+,29-,35-/m1/s1. The Hall–Kier alpha value is -3.72. The van der Waals surface area contributed by atoms with Crippen molar-refractivity contribution in [3.63, 3.8) is 0 Å². The number of rotatable bonds is 9. The minimum atomic E-state index is -0.433. The topological polar surface area (TPSA) is 91.3 Å². The summed E-state index contributed by atoms with van der Waals surface area (Å²) in [5, 5.41) is 13.2. The number of hydrogen-bond donors (Lipinski definition) is 2. The summed E-state index contributed by atoms with van der Waals surface area (Å²) in [5.74, 6) is 0.0424. The number of aliphatic hydroxyl groups excluding tert-OH is 1.